The molecule has 1 aromatic carbocycles. The standard InChI is InChI=1S/C15H21Cl2NS/c1-19-15(7-3-2-4-8-15)11-18-10-12-5-6-13(16)14(17)9-12/h5-6,9,18H,2-4,7-8,10-11H2,1H3. The average molecular weight is 318 g/mol. The highest BCUT2D eigenvalue weighted by Gasteiger charge is 2.30. The number of hydrogen-bond acceptors (Lipinski definition) is 2. The van der Waals surface area contributed by atoms with Crippen molar-refractivity contribution in [3.63, 3.8) is 0 Å². The predicted molar refractivity (Wildman–Crippen MR) is 87.5 cm³/mol. The van der Waals surface area contributed by atoms with Crippen molar-refractivity contribution in [3.05, 3.63) is 33.8 Å². The van der Waals surface area contributed by atoms with Gasteiger partial charge >= 0.3 is 0 Å². The fraction of sp³-hybridized carbons (Fsp3) is 0.600. The lowest BCUT2D eigenvalue weighted by atomic mass is 9.88. The first-order valence-electron chi connectivity index (χ1n) is 6.85. The molecule has 1 aliphatic carbocycles. The van der Waals surface area contributed by atoms with Gasteiger partial charge in [-0.3, -0.25) is 0 Å². The monoisotopic (exact) mass is 317 g/mol. The third-order valence-electron chi connectivity index (χ3n) is 3.96. The molecule has 0 saturated heterocycles. The van der Waals surface area contributed by atoms with Crippen LogP contribution in [0, 0.1) is 0 Å². The second-order valence-corrected chi connectivity index (χ2v) is 7.39. The Morgan fingerprint density at radius 3 is 2.53 bits per heavy atom. The van der Waals surface area contributed by atoms with Crippen molar-refractivity contribution in [2.24, 2.45) is 0 Å². The van der Waals surface area contributed by atoms with E-state index >= 15 is 0 Å². The average Bonchev–Trinajstić information content (AvgIpc) is 2.44. The zero-order valence-corrected chi connectivity index (χ0v) is 13.7. The van der Waals surface area contributed by atoms with E-state index in [2.05, 4.69) is 11.6 Å². The molecule has 1 fully saturated rings. The SMILES string of the molecule is CSC1(CNCc2ccc(Cl)c(Cl)c2)CCCCC1. The third-order valence-corrected chi connectivity index (χ3v) is 6.12. The fourth-order valence-corrected chi connectivity index (χ4v) is 4.00. The molecule has 1 N–H and O–H groups in total. The molecular formula is C15H21Cl2NS. The molecule has 0 atom stereocenters. The Labute approximate surface area is 130 Å². The minimum atomic E-state index is 0.439. The summed E-state index contributed by atoms with van der Waals surface area (Å²) in [5.74, 6) is 0. The Morgan fingerprint density at radius 1 is 1.16 bits per heavy atom. The van der Waals surface area contributed by atoms with E-state index in [1.807, 2.05) is 30.0 Å². The Hall–Kier alpha value is 0.110. The number of hydrogen-bond donors (Lipinski definition) is 1. The van der Waals surface area contributed by atoms with Gasteiger partial charge in [-0.2, -0.15) is 11.8 Å². The van der Waals surface area contributed by atoms with E-state index in [0.29, 0.717) is 14.8 Å². The quantitative estimate of drug-likeness (QED) is 0.806. The van der Waals surface area contributed by atoms with Crippen molar-refractivity contribution in [2.45, 2.75) is 43.4 Å². The van der Waals surface area contributed by atoms with Crippen LogP contribution in [-0.2, 0) is 6.54 Å². The Bertz CT molecular complexity index is 417. The molecule has 4 heteroatoms. The molecule has 1 aliphatic rings. The van der Waals surface area contributed by atoms with E-state index < -0.39 is 0 Å². The van der Waals surface area contributed by atoms with Gasteiger partial charge in [0.2, 0.25) is 0 Å². The molecule has 0 aromatic heterocycles. The number of nitrogens with one attached hydrogen (secondary N) is 1. The zero-order chi connectivity index (χ0) is 13.7. The minimum absolute atomic E-state index is 0.439. The summed E-state index contributed by atoms with van der Waals surface area (Å²) in [5.41, 5.74) is 1.20. The molecule has 0 radical (unpaired) electrons. The minimum Gasteiger partial charge on any atom is -0.311 e. The fourth-order valence-electron chi connectivity index (χ4n) is 2.73. The molecule has 0 spiro atoms. The van der Waals surface area contributed by atoms with Crippen LogP contribution in [0.4, 0.5) is 0 Å². The van der Waals surface area contributed by atoms with E-state index in [0.717, 1.165) is 13.1 Å². The van der Waals surface area contributed by atoms with Gasteiger partial charge in [-0.25, -0.2) is 0 Å². The number of thioether (sulfide) groups is 1. The molecule has 19 heavy (non-hydrogen) atoms. The maximum absolute atomic E-state index is 6.03. The molecule has 0 unspecified atom stereocenters. The van der Waals surface area contributed by atoms with Gasteiger partial charge in [0, 0.05) is 17.8 Å². The summed E-state index contributed by atoms with van der Waals surface area (Å²) >= 11 is 14.0. The second-order valence-electron chi connectivity index (χ2n) is 5.30. The molecule has 106 valence electrons. The smallest absolute Gasteiger partial charge is 0.0595 e. The van der Waals surface area contributed by atoms with Crippen LogP contribution in [0.3, 0.4) is 0 Å². The van der Waals surface area contributed by atoms with Crippen LogP contribution in [0.15, 0.2) is 18.2 Å². The van der Waals surface area contributed by atoms with Gasteiger partial charge in [-0.1, -0.05) is 48.5 Å². The highest BCUT2D eigenvalue weighted by atomic mass is 35.5. The highest BCUT2D eigenvalue weighted by Crippen LogP contribution is 2.38. The maximum Gasteiger partial charge on any atom is 0.0595 e. The summed E-state index contributed by atoms with van der Waals surface area (Å²) in [7, 11) is 0. The first-order valence-corrected chi connectivity index (χ1v) is 8.83. The van der Waals surface area contributed by atoms with Gasteiger partial charge in [0.25, 0.3) is 0 Å². The van der Waals surface area contributed by atoms with Crippen LogP contribution in [-0.4, -0.2) is 17.5 Å². The third kappa shape index (κ3) is 4.29. The predicted octanol–water partition coefficient (Wildman–Crippen LogP) is 5.15. The summed E-state index contributed by atoms with van der Waals surface area (Å²) in [5, 5.41) is 4.85. The van der Waals surface area contributed by atoms with Crippen molar-refractivity contribution in [1.29, 1.82) is 0 Å². The van der Waals surface area contributed by atoms with Gasteiger partial charge in [0.15, 0.2) is 0 Å². The van der Waals surface area contributed by atoms with Crippen molar-refractivity contribution >= 4 is 35.0 Å². The molecule has 0 amide bonds. The van der Waals surface area contributed by atoms with Crippen LogP contribution in [0.1, 0.15) is 37.7 Å². The number of halogens is 2. The lowest BCUT2D eigenvalue weighted by Crippen LogP contribution is -2.39. The van der Waals surface area contributed by atoms with Crippen molar-refractivity contribution in [1.82, 2.24) is 5.32 Å². The second kappa shape index (κ2) is 7.21. The first kappa shape index (κ1) is 15.5. The normalized spacial score (nSPS) is 18.5. The largest absolute Gasteiger partial charge is 0.311 e. The van der Waals surface area contributed by atoms with Crippen molar-refractivity contribution in [3.8, 4) is 0 Å². The molecule has 0 bridgehead atoms. The van der Waals surface area contributed by atoms with Gasteiger partial charge in [-0.15, -0.1) is 0 Å². The van der Waals surface area contributed by atoms with E-state index in [1.165, 1.54) is 37.7 Å². The summed E-state index contributed by atoms with van der Waals surface area (Å²) in [4.78, 5) is 0. The van der Waals surface area contributed by atoms with Crippen LogP contribution >= 0.6 is 35.0 Å². The van der Waals surface area contributed by atoms with Crippen molar-refractivity contribution < 1.29 is 0 Å². The van der Waals surface area contributed by atoms with Crippen molar-refractivity contribution in [2.75, 3.05) is 12.8 Å². The van der Waals surface area contributed by atoms with Crippen LogP contribution in [0.2, 0.25) is 10.0 Å². The molecule has 2 rings (SSSR count). The Morgan fingerprint density at radius 2 is 1.89 bits per heavy atom. The lowest BCUT2D eigenvalue weighted by molar-refractivity contribution is 0.379. The maximum atomic E-state index is 6.03. The van der Waals surface area contributed by atoms with E-state index in [1.54, 1.807) is 0 Å². The zero-order valence-electron chi connectivity index (χ0n) is 11.3. The summed E-state index contributed by atoms with van der Waals surface area (Å²) in [6.45, 7) is 1.94. The Balaban J connectivity index is 1.86. The molecule has 0 heterocycles. The molecule has 1 nitrogen and oxygen atoms in total. The van der Waals surface area contributed by atoms with Gasteiger partial charge < -0.3 is 5.32 Å². The van der Waals surface area contributed by atoms with E-state index in [4.69, 9.17) is 23.2 Å². The van der Waals surface area contributed by atoms with Crippen LogP contribution < -0.4 is 5.32 Å². The topological polar surface area (TPSA) is 12.0 Å². The van der Waals surface area contributed by atoms with Gasteiger partial charge in [-0.05, 0) is 36.8 Å². The van der Waals surface area contributed by atoms with E-state index in [-0.39, 0.29) is 0 Å². The van der Waals surface area contributed by atoms with E-state index in [9.17, 15) is 0 Å². The first-order chi connectivity index (χ1) is 9.15. The number of benzene rings is 1. The summed E-state index contributed by atoms with van der Waals surface area (Å²) in [6.07, 6.45) is 9.05. The van der Waals surface area contributed by atoms with Crippen LogP contribution in [0.5, 0.6) is 0 Å². The molecule has 1 saturated carbocycles. The van der Waals surface area contributed by atoms with Crippen LogP contribution in [0.25, 0.3) is 0 Å². The molecular weight excluding hydrogens is 297 g/mol. The van der Waals surface area contributed by atoms with Gasteiger partial charge in [0.05, 0.1) is 10.0 Å². The number of rotatable bonds is 5. The molecule has 0 aliphatic heterocycles. The van der Waals surface area contributed by atoms with Gasteiger partial charge in [0.1, 0.15) is 0 Å². The molecule has 1 aromatic rings. The lowest BCUT2D eigenvalue weighted by Gasteiger charge is -2.36. The Kier molecular flexibility index (Phi) is 5.88. The highest BCUT2D eigenvalue weighted by molar-refractivity contribution is 8.00. The summed E-state index contributed by atoms with van der Waals surface area (Å²) in [6, 6.07) is 5.85. The summed E-state index contributed by atoms with van der Waals surface area (Å²) < 4.78 is 0.439.